The molecule has 2 aromatic rings. The molecule has 0 unspecified atom stereocenters. The second-order valence-corrected chi connectivity index (χ2v) is 5.56. The number of pyridine rings is 1. The fourth-order valence-electron chi connectivity index (χ4n) is 1.83. The van der Waals surface area contributed by atoms with Crippen LogP contribution in [0.1, 0.15) is 36.7 Å². The van der Waals surface area contributed by atoms with Crippen LogP contribution in [0.5, 0.6) is 11.5 Å². The number of carbonyl (C=O) groups excluding carboxylic acids is 1. The minimum Gasteiger partial charge on any atom is -0.508 e. The van der Waals surface area contributed by atoms with E-state index in [2.05, 4.69) is 4.98 Å². The number of hydrogen-bond donors (Lipinski definition) is 1. The summed E-state index contributed by atoms with van der Waals surface area (Å²) in [6.45, 7) is 5.94. The molecule has 0 amide bonds. The molecule has 2 rings (SSSR count). The van der Waals surface area contributed by atoms with Gasteiger partial charge < -0.3 is 9.84 Å². The molecule has 4 nitrogen and oxygen atoms in total. The third kappa shape index (κ3) is 3.15. The van der Waals surface area contributed by atoms with Gasteiger partial charge in [-0.25, -0.2) is 4.79 Å². The van der Waals surface area contributed by atoms with E-state index in [4.69, 9.17) is 4.74 Å². The van der Waals surface area contributed by atoms with Crippen molar-refractivity contribution in [1.82, 2.24) is 4.98 Å². The highest BCUT2D eigenvalue weighted by Crippen LogP contribution is 2.33. The van der Waals surface area contributed by atoms with Crippen LogP contribution in [0.3, 0.4) is 0 Å². The van der Waals surface area contributed by atoms with Gasteiger partial charge in [0.05, 0.1) is 5.56 Å². The van der Waals surface area contributed by atoms with Crippen molar-refractivity contribution in [1.29, 1.82) is 0 Å². The summed E-state index contributed by atoms with van der Waals surface area (Å²) in [4.78, 5) is 15.8. The minimum atomic E-state index is -0.469. The minimum absolute atomic E-state index is 0.193. The first kappa shape index (κ1) is 14.1. The first-order chi connectivity index (χ1) is 9.38. The molecular formula is C16H17NO3. The van der Waals surface area contributed by atoms with Crippen molar-refractivity contribution in [3.05, 3.63) is 53.9 Å². The molecule has 0 bridgehead atoms. The van der Waals surface area contributed by atoms with E-state index >= 15 is 0 Å². The van der Waals surface area contributed by atoms with E-state index in [9.17, 15) is 9.90 Å². The molecule has 1 aromatic heterocycles. The van der Waals surface area contributed by atoms with E-state index < -0.39 is 5.97 Å². The van der Waals surface area contributed by atoms with Crippen LogP contribution in [-0.4, -0.2) is 16.1 Å². The maximum Gasteiger partial charge on any atom is 0.345 e. The standard InChI is InChI=1S/C16H17NO3/c1-16(2,3)13-9-12(6-7-14(13)18)20-15(19)11-5-4-8-17-10-11/h4-10,18H,1-3H3. The van der Waals surface area contributed by atoms with Gasteiger partial charge in [0.2, 0.25) is 0 Å². The summed E-state index contributed by atoms with van der Waals surface area (Å²) in [5.41, 5.74) is 0.882. The summed E-state index contributed by atoms with van der Waals surface area (Å²) in [5, 5.41) is 9.87. The lowest BCUT2D eigenvalue weighted by Gasteiger charge is -2.21. The second kappa shape index (κ2) is 5.33. The Morgan fingerprint density at radius 1 is 1.25 bits per heavy atom. The van der Waals surface area contributed by atoms with Gasteiger partial charge in [-0.15, -0.1) is 0 Å². The first-order valence-electron chi connectivity index (χ1n) is 6.33. The van der Waals surface area contributed by atoms with Gasteiger partial charge in [-0.1, -0.05) is 20.8 Å². The molecule has 0 saturated heterocycles. The Kier molecular flexibility index (Phi) is 3.74. The van der Waals surface area contributed by atoms with Crippen LogP contribution in [0.15, 0.2) is 42.7 Å². The number of ether oxygens (including phenoxy) is 1. The smallest absolute Gasteiger partial charge is 0.345 e. The van der Waals surface area contributed by atoms with Crippen LogP contribution in [0.2, 0.25) is 0 Å². The molecule has 104 valence electrons. The van der Waals surface area contributed by atoms with Crippen LogP contribution in [0.25, 0.3) is 0 Å². The summed E-state index contributed by atoms with van der Waals surface area (Å²) in [7, 11) is 0. The summed E-state index contributed by atoms with van der Waals surface area (Å²) >= 11 is 0. The second-order valence-electron chi connectivity index (χ2n) is 5.56. The zero-order valence-electron chi connectivity index (χ0n) is 11.8. The molecule has 4 heteroatoms. The van der Waals surface area contributed by atoms with Crippen LogP contribution in [0, 0.1) is 0 Å². The molecule has 0 radical (unpaired) electrons. The zero-order chi connectivity index (χ0) is 14.8. The van der Waals surface area contributed by atoms with E-state index in [0.717, 1.165) is 5.56 Å². The Bertz CT molecular complexity index is 615. The van der Waals surface area contributed by atoms with Crippen molar-refractivity contribution in [2.45, 2.75) is 26.2 Å². The molecule has 0 aliphatic heterocycles. The van der Waals surface area contributed by atoms with Crippen molar-refractivity contribution in [3.8, 4) is 11.5 Å². The molecule has 0 saturated carbocycles. The van der Waals surface area contributed by atoms with Gasteiger partial charge in [0.1, 0.15) is 11.5 Å². The van der Waals surface area contributed by atoms with Crippen LogP contribution in [-0.2, 0) is 5.41 Å². The van der Waals surface area contributed by atoms with Gasteiger partial charge in [0.15, 0.2) is 0 Å². The number of benzene rings is 1. The average molecular weight is 271 g/mol. The van der Waals surface area contributed by atoms with Gasteiger partial charge in [-0.2, -0.15) is 0 Å². The lowest BCUT2D eigenvalue weighted by Crippen LogP contribution is -2.13. The van der Waals surface area contributed by atoms with Crippen LogP contribution in [0.4, 0.5) is 0 Å². The summed E-state index contributed by atoms with van der Waals surface area (Å²) in [6.07, 6.45) is 3.04. The Morgan fingerprint density at radius 2 is 2.00 bits per heavy atom. The fourth-order valence-corrected chi connectivity index (χ4v) is 1.83. The number of phenols is 1. The number of aromatic nitrogens is 1. The number of esters is 1. The lowest BCUT2D eigenvalue weighted by molar-refractivity contribution is 0.0734. The highest BCUT2D eigenvalue weighted by atomic mass is 16.5. The molecule has 0 aliphatic rings. The van der Waals surface area contributed by atoms with E-state index in [1.54, 1.807) is 30.5 Å². The fraction of sp³-hybridized carbons (Fsp3) is 0.250. The highest BCUT2D eigenvalue weighted by Gasteiger charge is 2.19. The third-order valence-corrected chi connectivity index (χ3v) is 2.88. The van der Waals surface area contributed by atoms with Crippen molar-refractivity contribution < 1.29 is 14.6 Å². The van der Waals surface area contributed by atoms with E-state index in [0.29, 0.717) is 11.3 Å². The number of nitrogens with zero attached hydrogens (tertiary/aromatic N) is 1. The highest BCUT2D eigenvalue weighted by molar-refractivity contribution is 5.90. The molecule has 20 heavy (non-hydrogen) atoms. The van der Waals surface area contributed by atoms with Gasteiger partial charge in [-0.05, 0) is 35.7 Å². The summed E-state index contributed by atoms with van der Waals surface area (Å²) in [6, 6.07) is 8.10. The maximum absolute atomic E-state index is 11.9. The average Bonchev–Trinajstić information content (AvgIpc) is 2.40. The van der Waals surface area contributed by atoms with Crippen molar-refractivity contribution in [2.24, 2.45) is 0 Å². The Hall–Kier alpha value is -2.36. The number of rotatable bonds is 2. The zero-order valence-corrected chi connectivity index (χ0v) is 11.8. The third-order valence-electron chi connectivity index (χ3n) is 2.88. The molecule has 1 N–H and O–H groups in total. The molecule has 0 spiro atoms. The van der Waals surface area contributed by atoms with Crippen molar-refractivity contribution >= 4 is 5.97 Å². The Labute approximate surface area is 118 Å². The maximum atomic E-state index is 11.9. The van der Waals surface area contributed by atoms with Gasteiger partial charge >= 0.3 is 5.97 Å². The van der Waals surface area contributed by atoms with E-state index in [-0.39, 0.29) is 11.2 Å². The normalized spacial score (nSPS) is 11.2. The number of carbonyl (C=O) groups is 1. The topological polar surface area (TPSA) is 59.4 Å². The van der Waals surface area contributed by atoms with Gasteiger partial charge in [0, 0.05) is 18.0 Å². The number of hydrogen-bond acceptors (Lipinski definition) is 4. The molecular weight excluding hydrogens is 254 g/mol. The molecule has 0 fully saturated rings. The summed E-state index contributed by atoms with van der Waals surface area (Å²) in [5.74, 6) is 0.129. The molecule has 1 aromatic carbocycles. The Morgan fingerprint density at radius 3 is 2.60 bits per heavy atom. The number of phenolic OH excluding ortho intramolecular Hbond substituents is 1. The predicted octanol–water partition coefficient (Wildman–Crippen LogP) is 3.30. The van der Waals surface area contributed by atoms with Gasteiger partial charge in [-0.3, -0.25) is 4.98 Å². The van der Waals surface area contributed by atoms with Crippen LogP contribution >= 0.6 is 0 Å². The molecule has 1 heterocycles. The largest absolute Gasteiger partial charge is 0.508 e. The van der Waals surface area contributed by atoms with Crippen LogP contribution < -0.4 is 4.74 Å². The van der Waals surface area contributed by atoms with E-state index in [1.807, 2.05) is 20.8 Å². The first-order valence-corrected chi connectivity index (χ1v) is 6.33. The molecule has 0 atom stereocenters. The van der Waals surface area contributed by atoms with Crippen molar-refractivity contribution in [3.63, 3.8) is 0 Å². The SMILES string of the molecule is CC(C)(C)c1cc(OC(=O)c2cccnc2)ccc1O. The quantitative estimate of drug-likeness (QED) is 0.672. The molecule has 0 aliphatic carbocycles. The monoisotopic (exact) mass is 271 g/mol. The van der Waals surface area contributed by atoms with Crippen molar-refractivity contribution in [2.75, 3.05) is 0 Å². The summed E-state index contributed by atoms with van der Waals surface area (Å²) < 4.78 is 5.30. The van der Waals surface area contributed by atoms with E-state index in [1.165, 1.54) is 12.3 Å². The number of aromatic hydroxyl groups is 1. The predicted molar refractivity (Wildman–Crippen MR) is 76.0 cm³/mol. The Balaban J connectivity index is 2.25. The van der Waals surface area contributed by atoms with Gasteiger partial charge in [0.25, 0.3) is 0 Å². The lowest BCUT2D eigenvalue weighted by atomic mass is 9.86.